The van der Waals surface area contributed by atoms with Gasteiger partial charge in [0.1, 0.15) is 0 Å². The van der Waals surface area contributed by atoms with Crippen molar-refractivity contribution in [3.05, 3.63) is 94.4 Å². The van der Waals surface area contributed by atoms with Crippen molar-refractivity contribution in [2.75, 3.05) is 19.0 Å². The van der Waals surface area contributed by atoms with Crippen molar-refractivity contribution in [2.45, 2.75) is 25.6 Å². The Morgan fingerprint density at radius 3 is 2.44 bits per heavy atom. The van der Waals surface area contributed by atoms with Gasteiger partial charge in [0, 0.05) is 41.9 Å². The van der Waals surface area contributed by atoms with Crippen LogP contribution in [0.5, 0.6) is 0 Å². The van der Waals surface area contributed by atoms with Gasteiger partial charge in [-0.25, -0.2) is 0 Å². The van der Waals surface area contributed by atoms with Crippen LogP contribution in [0.4, 0.5) is 5.69 Å². The summed E-state index contributed by atoms with van der Waals surface area (Å²) in [6.07, 6.45) is 3.67. The third-order valence-electron chi connectivity index (χ3n) is 7.26. The molecule has 2 N–H and O–H groups in total. The van der Waals surface area contributed by atoms with Gasteiger partial charge in [0.25, 0.3) is 5.56 Å². The minimum Gasteiger partial charge on any atom is -0.396 e. The summed E-state index contributed by atoms with van der Waals surface area (Å²) in [7, 11) is 1.91. The highest BCUT2D eigenvalue weighted by atomic mass is 16.3. The van der Waals surface area contributed by atoms with Crippen LogP contribution in [0.15, 0.2) is 77.6 Å². The number of aliphatic hydroxyl groups is 1. The van der Waals surface area contributed by atoms with E-state index in [1.54, 1.807) is 4.57 Å². The lowest BCUT2D eigenvalue weighted by Gasteiger charge is -2.27. The molecule has 4 atom stereocenters. The Balaban J connectivity index is 1.37. The lowest BCUT2D eigenvalue weighted by molar-refractivity contribution is -0.122. The number of allylic oxidation sites excluding steroid dienone is 1. The molecule has 2 aliphatic rings. The maximum Gasteiger partial charge on any atom is 0.258 e. The molecule has 0 spiro atoms. The van der Waals surface area contributed by atoms with E-state index in [4.69, 9.17) is 0 Å². The van der Waals surface area contributed by atoms with E-state index in [-0.39, 0.29) is 36.0 Å². The summed E-state index contributed by atoms with van der Waals surface area (Å²) >= 11 is 0. The second-order valence-corrected chi connectivity index (χ2v) is 9.13. The fourth-order valence-electron chi connectivity index (χ4n) is 5.69. The first kappa shape index (κ1) is 22.3. The Bertz CT molecular complexity index is 1280. The smallest absolute Gasteiger partial charge is 0.258 e. The van der Waals surface area contributed by atoms with Crippen molar-refractivity contribution in [2.24, 2.45) is 11.8 Å². The van der Waals surface area contributed by atoms with E-state index in [1.807, 2.05) is 85.6 Å². The summed E-state index contributed by atoms with van der Waals surface area (Å²) in [5.74, 6) is -0.398. The summed E-state index contributed by atoms with van der Waals surface area (Å²) in [5.41, 5.74) is 4.47. The number of fused-ring (bicyclic) bond motifs is 3. The number of benzene rings is 2. The second-order valence-electron chi connectivity index (χ2n) is 9.13. The number of amides is 1. The predicted octanol–water partition coefficient (Wildman–Crippen LogP) is 3.78. The first-order chi connectivity index (χ1) is 16.5. The van der Waals surface area contributed by atoms with E-state index < -0.39 is 6.04 Å². The Morgan fingerprint density at radius 2 is 1.76 bits per heavy atom. The van der Waals surface area contributed by atoms with E-state index in [0.29, 0.717) is 12.1 Å². The number of likely N-dealkylation sites (tertiary alicyclic amines) is 1. The van der Waals surface area contributed by atoms with Crippen molar-refractivity contribution in [1.82, 2.24) is 9.47 Å². The van der Waals surface area contributed by atoms with E-state index in [0.717, 1.165) is 22.5 Å². The van der Waals surface area contributed by atoms with Gasteiger partial charge in [0.15, 0.2) is 0 Å². The highest BCUT2D eigenvalue weighted by molar-refractivity contribution is 5.95. The summed E-state index contributed by atoms with van der Waals surface area (Å²) in [6.45, 7) is 2.29. The molecule has 3 aromatic rings. The molecule has 0 radical (unpaired) electrons. The number of hydrogen-bond donors (Lipinski definition) is 2. The average Bonchev–Trinajstić information content (AvgIpc) is 3.37. The fraction of sp³-hybridized carbons (Fsp3) is 0.286. The van der Waals surface area contributed by atoms with E-state index in [2.05, 4.69) is 17.4 Å². The van der Waals surface area contributed by atoms with Gasteiger partial charge in [-0.1, -0.05) is 54.6 Å². The summed E-state index contributed by atoms with van der Waals surface area (Å²) < 4.78 is 1.81. The SMILES string of the molecule is C/C=C/c1ccc2n(c1=O)C[C@H]1[C@H](CO)[C@@H](C(=O)Nc3ccc(-c4ccccc4)cc3)N(C)[C@@H]21. The number of hydrogen-bond acceptors (Lipinski definition) is 4. The molecule has 0 bridgehead atoms. The molecule has 0 saturated carbocycles. The zero-order chi connectivity index (χ0) is 23.8. The molecule has 0 unspecified atom stereocenters. The highest BCUT2D eigenvalue weighted by Crippen LogP contribution is 2.48. The molecule has 0 aliphatic carbocycles. The first-order valence-corrected chi connectivity index (χ1v) is 11.7. The van der Waals surface area contributed by atoms with Crippen LogP contribution in [-0.2, 0) is 11.3 Å². The Morgan fingerprint density at radius 1 is 1.06 bits per heavy atom. The molecule has 3 heterocycles. The molecule has 1 fully saturated rings. The lowest BCUT2D eigenvalue weighted by atomic mass is 9.88. The molecular weight excluding hydrogens is 426 g/mol. The molecular formula is C28H29N3O3. The maximum absolute atomic E-state index is 13.4. The van der Waals surface area contributed by atoms with Gasteiger partial charge >= 0.3 is 0 Å². The van der Waals surface area contributed by atoms with Crippen molar-refractivity contribution in [1.29, 1.82) is 0 Å². The largest absolute Gasteiger partial charge is 0.396 e. The monoisotopic (exact) mass is 455 g/mol. The van der Waals surface area contributed by atoms with Crippen LogP contribution in [-0.4, -0.2) is 40.2 Å². The van der Waals surface area contributed by atoms with Crippen LogP contribution in [0, 0.1) is 11.8 Å². The van der Waals surface area contributed by atoms with Gasteiger partial charge in [-0.2, -0.15) is 0 Å². The van der Waals surface area contributed by atoms with E-state index in [9.17, 15) is 14.7 Å². The number of pyridine rings is 1. The minimum atomic E-state index is -0.479. The number of nitrogens with zero attached hydrogens (tertiary/aromatic N) is 2. The van der Waals surface area contributed by atoms with Crippen LogP contribution in [0.1, 0.15) is 24.2 Å². The van der Waals surface area contributed by atoms with Gasteiger partial charge < -0.3 is 15.0 Å². The molecule has 174 valence electrons. The third-order valence-corrected chi connectivity index (χ3v) is 7.26. The van der Waals surface area contributed by atoms with Crippen molar-refractivity contribution >= 4 is 17.7 Å². The van der Waals surface area contributed by atoms with Gasteiger partial charge in [-0.05, 0) is 49.4 Å². The number of likely N-dealkylation sites (N-methyl/N-ethyl adjacent to an activating group) is 1. The summed E-state index contributed by atoms with van der Waals surface area (Å²) in [4.78, 5) is 28.3. The van der Waals surface area contributed by atoms with Gasteiger partial charge in [0.05, 0.1) is 12.1 Å². The number of aromatic nitrogens is 1. The normalized spacial score (nSPS) is 23.7. The molecule has 6 nitrogen and oxygen atoms in total. The number of rotatable bonds is 5. The predicted molar refractivity (Wildman–Crippen MR) is 134 cm³/mol. The first-order valence-electron chi connectivity index (χ1n) is 11.7. The highest BCUT2D eigenvalue weighted by Gasteiger charge is 2.54. The molecule has 2 aliphatic heterocycles. The molecule has 1 aromatic heterocycles. The molecule has 34 heavy (non-hydrogen) atoms. The maximum atomic E-state index is 13.4. The Labute approximate surface area is 199 Å². The molecule has 2 aromatic carbocycles. The molecule has 6 heteroatoms. The van der Waals surface area contributed by atoms with Crippen molar-refractivity contribution in [3.8, 4) is 11.1 Å². The Kier molecular flexibility index (Phi) is 5.94. The molecule has 1 amide bonds. The third kappa shape index (κ3) is 3.69. The number of carbonyl (C=O) groups excluding carboxylic acids is 1. The molecule has 1 saturated heterocycles. The number of anilines is 1. The summed E-state index contributed by atoms with van der Waals surface area (Å²) in [6, 6.07) is 21.2. The zero-order valence-electron chi connectivity index (χ0n) is 19.4. The van der Waals surface area contributed by atoms with Crippen LogP contribution < -0.4 is 10.9 Å². The van der Waals surface area contributed by atoms with Crippen LogP contribution >= 0.6 is 0 Å². The second kappa shape index (κ2) is 9.05. The van der Waals surface area contributed by atoms with E-state index >= 15 is 0 Å². The van der Waals surface area contributed by atoms with E-state index in [1.165, 1.54) is 0 Å². The van der Waals surface area contributed by atoms with Crippen molar-refractivity contribution in [3.63, 3.8) is 0 Å². The fourth-order valence-corrected chi connectivity index (χ4v) is 5.69. The standard InChI is InChI=1S/C28H29N3O3/c1-3-7-20-12-15-24-25-22(16-31(24)28(20)34)23(17-32)26(30(25)2)27(33)29-21-13-10-19(11-14-21)18-8-5-4-6-9-18/h3-15,22-23,25-26,32H,16-17H2,1-2H3,(H,29,33)/b7-3+/t22-,23-,25+,26-/m0/s1. The quantitative estimate of drug-likeness (QED) is 0.614. The van der Waals surface area contributed by atoms with Gasteiger partial charge in [-0.15, -0.1) is 0 Å². The summed E-state index contributed by atoms with van der Waals surface area (Å²) in [5, 5.41) is 13.3. The Hall–Kier alpha value is -3.48. The van der Waals surface area contributed by atoms with Gasteiger partial charge in [-0.3, -0.25) is 14.5 Å². The number of carbonyl (C=O) groups is 1. The number of nitrogens with one attached hydrogen (secondary N) is 1. The average molecular weight is 456 g/mol. The number of aliphatic hydroxyl groups excluding tert-OH is 1. The van der Waals surface area contributed by atoms with Crippen LogP contribution in [0.25, 0.3) is 17.2 Å². The van der Waals surface area contributed by atoms with Crippen LogP contribution in [0.3, 0.4) is 0 Å². The van der Waals surface area contributed by atoms with Crippen molar-refractivity contribution < 1.29 is 9.90 Å². The molecule has 5 rings (SSSR count). The topological polar surface area (TPSA) is 74.6 Å². The van der Waals surface area contributed by atoms with Gasteiger partial charge in [0.2, 0.25) is 5.91 Å². The minimum absolute atomic E-state index is 0.000220. The zero-order valence-corrected chi connectivity index (χ0v) is 19.4. The lowest BCUT2D eigenvalue weighted by Crippen LogP contribution is -2.44. The van der Waals surface area contributed by atoms with Crippen LogP contribution in [0.2, 0.25) is 0 Å².